The van der Waals surface area contributed by atoms with Crippen molar-refractivity contribution in [3.05, 3.63) is 50.6 Å². The molecular weight excluding hydrogens is 384 g/mol. The third-order valence-electron chi connectivity index (χ3n) is 3.40. The van der Waals surface area contributed by atoms with Crippen molar-refractivity contribution in [2.45, 2.75) is 17.9 Å². The number of halogens is 1. The first kappa shape index (κ1) is 17.6. The van der Waals surface area contributed by atoms with E-state index in [1.807, 2.05) is 42.6 Å². The van der Waals surface area contributed by atoms with E-state index in [-0.39, 0.29) is 6.04 Å². The molecule has 1 N–H and O–H groups in total. The Bertz CT molecular complexity index is 728. The number of rotatable bonds is 6. The number of benzene rings is 1. The molecule has 0 aliphatic heterocycles. The van der Waals surface area contributed by atoms with Gasteiger partial charge in [0.25, 0.3) is 0 Å². The van der Waals surface area contributed by atoms with Crippen molar-refractivity contribution in [3.63, 3.8) is 0 Å². The van der Waals surface area contributed by atoms with Crippen LogP contribution < -0.4 is 4.72 Å². The van der Waals surface area contributed by atoms with E-state index in [0.717, 1.165) is 14.9 Å². The zero-order valence-corrected chi connectivity index (χ0v) is 15.9. The zero-order chi connectivity index (χ0) is 16.3. The van der Waals surface area contributed by atoms with E-state index < -0.39 is 10.0 Å². The largest absolute Gasteiger partial charge is 0.300 e. The van der Waals surface area contributed by atoms with E-state index in [4.69, 9.17) is 0 Å². The van der Waals surface area contributed by atoms with E-state index in [0.29, 0.717) is 11.4 Å². The molecular formula is C15H19BrN2O2S2. The molecule has 0 amide bonds. The first-order valence-electron chi connectivity index (χ1n) is 6.77. The van der Waals surface area contributed by atoms with E-state index in [1.54, 1.807) is 30.4 Å². The lowest BCUT2D eigenvalue weighted by molar-refractivity contribution is 0.303. The Kier molecular flexibility index (Phi) is 5.79. The maximum atomic E-state index is 12.6. The van der Waals surface area contributed by atoms with Crippen molar-refractivity contribution < 1.29 is 8.42 Å². The fraction of sp³-hybridized carbons (Fsp3) is 0.333. The fourth-order valence-electron chi connectivity index (χ4n) is 2.15. The highest BCUT2D eigenvalue weighted by atomic mass is 79.9. The van der Waals surface area contributed by atoms with Gasteiger partial charge in [0, 0.05) is 15.9 Å². The van der Waals surface area contributed by atoms with Gasteiger partial charge in [-0.3, -0.25) is 0 Å². The molecule has 1 heterocycles. The van der Waals surface area contributed by atoms with Crippen LogP contribution in [0, 0.1) is 6.92 Å². The van der Waals surface area contributed by atoms with Crippen molar-refractivity contribution >= 4 is 37.3 Å². The molecule has 2 aromatic rings. The summed E-state index contributed by atoms with van der Waals surface area (Å²) < 4.78 is 28.6. The number of hydrogen-bond donors (Lipinski definition) is 1. The van der Waals surface area contributed by atoms with Crippen LogP contribution >= 0.6 is 27.3 Å². The molecule has 22 heavy (non-hydrogen) atoms. The molecule has 0 aliphatic rings. The predicted octanol–water partition coefficient (Wildman–Crippen LogP) is 3.40. The van der Waals surface area contributed by atoms with Crippen LogP contribution in [0.2, 0.25) is 0 Å². The van der Waals surface area contributed by atoms with Gasteiger partial charge in [-0.25, -0.2) is 13.1 Å². The van der Waals surface area contributed by atoms with Crippen LogP contribution in [0.3, 0.4) is 0 Å². The highest BCUT2D eigenvalue weighted by Crippen LogP contribution is 2.24. The molecule has 0 radical (unpaired) electrons. The van der Waals surface area contributed by atoms with Gasteiger partial charge in [0.1, 0.15) is 0 Å². The van der Waals surface area contributed by atoms with Gasteiger partial charge in [0.2, 0.25) is 10.0 Å². The number of hydrogen-bond acceptors (Lipinski definition) is 4. The Labute approximate surface area is 144 Å². The Balaban J connectivity index is 2.20. The molecule has 4 nitrogen and oxygen atoms in total. The van der Waals surface area contributed by atoms with E-state index in [1.165, 1.54) is 0 Å². The molecule has 1 atom stereocenters. The van der Waals surface area contributed by atoms with Crippen LogP contribution in [0.25, 0.3) is 0 Å². The molecule has 0 bridgehead atoms. The van der Waals surface area contributed by atoms with E-state index >= 15 is 0 Å². The molecule has 0 fully saturated rings. The maximum Gasteiger partial charge on any atom is 0.240 e. The minimum Gasteiger partial charge on any atom is -0.300 e. The topological polar surface area (TPSA) is 49.4 Å². The molecule has 1 aromatic heterocycles. The van der Waals surface area contributed by atoms with Crippen molar-refractivity contribution in [3.8, 4) is 0 Å². The number of likely N-dealkylation sites (N-methyl/N-ethyl adjacent to an activating group) is 1. The van der Waals surface area contributed by atoms with Crippen molar-refractivity contribution in [2.24, 2.45) is 0 Å². The van der Waals surface area contributed by atoms with Crippen LogP contribution in [0.4, 0.5) is 0 Å². The van der Waals surface area contributed by atoms with Gasteiger partial charge < -0.3 is 4.90 Å². The summed E-state index contributed by atoms with van der Waals surface area (Å²) in [5.74, 6) is 0. The van der Waals surface area contributed by atoms with Crippen molar-refractivity contribution in [1.82, 2.24) is 9.62 Å². The molecule has 2 rings (SSSR count). The summed E-state index contributed by atoms with van der Waals surface area (Å²) in [4.78, 5) is 3.46. The Morgan fingerprint density at radius 2 is 2.05 bits per heavy atom. The standard InChI is InChI=1S/C15H19BrN2O2S2/c1-11-6-7-12(16)9-15(11)22(19,20)17-10-13(18(2)3)14-5-4-8-21-14/h4-9,13,17H,10H2,1-3H3. The van der Waals surface area contributed by atoms with Gasteiger partial charge in [-0.05, 0) is 50.2 Å². The van der Waals surface area contributed by atoms with Crippen LogP contribution in [0.15, 0.2) is 45.1 Å². The van der Waals surface area contributed by atoms with Gasteiger partial charge >= 0.3 is 0 Å². The monoisotopic (exact) mass is 402 g/mol. The minimum atomic E-state index is -3.54. The Morgan fingerprint density at radius 1 is 1.32 bits per heavy atom. The summed E-state index contributed by atoms with van der Waals surface area (Å²) in [7, 11) is 0.360. The molecule has 0 saturated heterocycles. The summed E-state index contributed by atoms with van der Waals surface area (Å²) >= 11 is 4.95. The lowest BCUT2D eigenvalue weighted by Gasteiger charge is -2.23. The molecule has 0 spiro atoms. The highest BCUT2D eigenvalue weighted by molar-refractivity contribution is 9.10. The molecule has 1 unspecified atom stereocenters. The predicted molar refractivity (Wildman–Crippen MR) is 94.8 cm³/mol. The number of nitrogens with one attached hydrogen (secondary N) is 1. The third-order valence-corrected chi connectivity index (χ3v) is 6.43. The molecule has 0 aliphatic carbocycles. The summed E-state index contributed by atoms with van der Waals surface area (Å²) in [6.07, 6.45) is 0. The van der Waals surface area contributed by atoms with Gasteiger partial charge in [0.15, 0.2) is 0 Å². The fourth-order valence-corrected chi connectivity index (χ4v) is 4.89. The normalized spacial score (nSPS) is 13.5. The number of nitrogens with zero attached hydrogens (tertiary/aromatic N) is 1. The molecule has 0 saturated carbocycles. The maximum absolute atomic E-state index is 12.6. The lowest BCUT2D eigenvalue weighted by atomic mass is 10.2. The average Bonchev–Trinajstić information content (AvgIpc) is 2.95. The molecule has 1 aromatic carbocycles. The second-order valence-electron chi connectivity index (χ2n) is 5.26. The lowest BCUT2D eigenvalue weighted by Crippen LogP contribution is -2.34. The van der Waals surface area contributed by atoms with Gasteiger partial charge in [0.05, 0.1) is 10.9 Å². The van der Waals surface area contributed by atoms with Crippen LogP contribution in [-0.2, 0) is 10.0 Å². The second kappa shape index (κ2) is 7.23. The Hall–Kier alpha value is -0.730. The van der Waals surface area contributed by atoms with Crippen LogP contribution in [-0.4, -0.2) is 34.0 Å². The van der Waals surface area contributed by atoms with Crippen LogP contribution in [0.5, 0.6) is 0 Å². The van der Waals surface area contributed by atoms with Crippen molar-refractivity contribution in [2.75, 3.05) is 20.6 Å². The van der Waals surface area contributed by atoms with Gasteiger partial charge in [-0.1, -0.05) is 28.1 Å². The smallest absolute Gasteiger partial charge is 0.240 e. The number of thiophene rings is 1. The third kappa shape index (κ3) is 4.17. The average molecular weight is 403 g/mol. The zero-order valence-electron chi connectivity index (χ0n) is 12.7. The van der Waals surface area contributed by atoms with Crippen molar-refractivity contribution in [1.29, 1.82) is 0 Å². The van der Waals surface area contributed by atoms with E-state index in [2.05, 4.69) is 20.7 Å². The minimum absolute atomic E-state index is 0.0160. The summed E-state index contributed by atoms with van der Waals surface area (Å²) in [6, 6.07) is 9.27. The summed E-state index contributed by atoms with van der Waals surface area (Å²) in [6.45, 7) is 2.13. The van der Waals surface area contributed by atoms with Crippen LogP contribution in [0.1, 0.15) is 16.5 Å². The molecule has 7 heteroatoms. The quantitative estimate of drug-likeness (QED) is 0.805. The number of aryl methyl sites for hydroxylation is 1. The highest BCUT2D eigenvalue weighted by Gasteiger charge is 2.21. The van der Waals surface area contributed by atoms with Gasteiger partial charge in [-0.15, -0.1) is 11.3 Å². The SMILES string of the molecule is Cc1ccc(Br)cc1S(=O)(=O)NCC(c1cccs1)N(C)C. The van der Waals surface area contributed by atoms with Gasteiger partial charge in [-0.2, -0.15) is 0 Å². The van der Waals surface area contributed by atoms with E-state index in [9.17, 15) is 8.42 Å². The first-order valence-corrected chi connectivity index (χ1v) is 9.92. The Morgan fingerprint density at radius 3 is 2.64 bits per heavy atom. The first-order chi connectivity index (χ1) is 10.3. The number of sulfonamides is 1. The molecule has 120 valence electrons. The second-order valence-corrected chi connectivity index (χ2v) is 8.89. The summed E-state index contributed by atoms with van der Waals surface area (Å²) in [5, 5.41) is 2.00. The summed E-state index contributed by atoms with van der Waals surface area (Å²) in [5.41, 5.74) is 0.730.